The summed E-state index contributed by atoms with van der Waals surface area (Å²) < 4.78 is 26.3. The lowest BCUT2D eigenvalue weighted by molar-refractivity contribution is 0.295. The van der Waals surface area contributed by atoms with Crippen molar-refractivity contribution in [2.75, 3.05) is 20.1 Å². The SMILES string of the molecule is Cc1ccnc(S(=O)(=O)N(C)C2CCNCC2)c1.Cl. The fourth-order valence-corrected chi connectivity index (χ4v) is 3.59. The summed E-state index contributed by atoms with van der Waals surface area (Å²) in [6, 6.07) is 3.48. The van der Waals surface area contributed by atoms with E-state index in [1.54, 1.807) is 25.4 Å². The van der Waals surface area contributed by atoms with Crippen LogP contribution in [0.25, 0.3) is 0 Å². The van der Waals surface area contributed by atoms with Crippen molar-refractivity contribution in [3.8, 4) is 0 Å². The predicted octanol–water partition coefficient (Wildman–Crippen LogP) is 1.18. The van der Waals surface area contributed by atoms with E-state index in [2.05, 4.69) is 10.3 Å². The molecular weight excluding hydrogens is 286 g/mol. The van der Waals surface area contributed by atoms with Gasteiger partial charge in [-0.25, -0.2) is 13.4 Å². The van der Waals surface area contributed by atoms with Gasteiger partial charge in [-0.3, -0.25) is 0 Å². The average Bonchev–Trinajstić information content (AvgIpc) is 2.39. The van der Waals surface area contributed by atoms with Crippen LogP contribution in [-0.4, -0.2) is 43.9 Å². The number of sulfonamides is 1. The molecule has 0 aliphatic carbocycles. The van der Waals surface area contributed by atoms with Gasteiger partial charge in [0.2, 0.25) is 0 Å². The number of hydrogen-bond acceptors (Lipinski definition) is 4. The molecule has 5 nitrogen and oxygen atoms in total. The average molecular weight is 306 g/mol. The second-order valence-electron chi connectivity index (χ2n) is 4.67. The van der Waals surface area contributed by atoms with E-state index >= 15 is 0 Å². The maximum Gasteiger partial charge on any atom is 0.260 e. The zero-order valence-electron chi connectivity index (χ0n) is 11.2. The molecule has 0 aromatic carbocycles. The van der Waals surface area contributed by atoms with E-state index in [9.17, 15) is 8.42 Å². The number of nitrogens with one attached hydrogen (secondary N) is 1. The Balaban J connectivity index is 0.00000180. The molecule has 1 aliphatic heterocycles. The van der Waals surface area contributed by atoms with Gasteiger partial charge >= 0.3 is 0 Å². The second kappa shape index (κ2) is 6.65. The summed E-state index contributed by atoms with van der Waals surface area (Å²) in [5, 5.41) is 3.37. The molecule has 19 heavy (non-hydrogen) atoms. The van der Waals surface area contributed by atoms with E-state index in [4.69, 9.17) is 0 Å². The molecule has 1 aromatic heterocycles. The van der Waals surface area contributed by atoms with Crippen LogP contribution in [0.4, 0.5) is 0 Å². The van der Waals surface area contributed by atoms with Crippen LogP contribution in [0, 0.1) is 6.92 Å². The molecular formula is C12H20ClN3O2S. The summed E-state index contributed by atoms with van der Waals surface area (Å²) in [6.45, 7) is 3.60. The molecule has 2 heterocycles. The van der Waals surface area contributed by atoms with Crippen molar-refractivity contribution in [3.05, 3.63) is 23.9 Å². The third-order valence-corrected chi connectivity index (χ3v) is 5.16. The van der Waals surface area contributed by atoms with E-state index in [1.165, 1.54) is 4.31 Å². The Morgan fingerprint density at radius 3 is 2.58 bits per heavy atom. The summed E-state index contributed by atoms with van der Waals surface area (Å²) in [5.41, 5.74) is 0.905. The molecule has 1 saturated heterocycles. The molecule has 108 valence electrons. The van der Waals surface area contributed by atoms with Crippen LogP contribution in [-0.2, 0) is 10.0 Å². The normalized spacial score (nSPS) is 17.2. The van der Waals surface area contributed by atoms with Gasteiger partial charge in [-0.2, -0.15) is 4.31 Å². The Morgan fingerprint density at radius 2 is 2.00 bits per heavy atom. The number of piperidine rings is 1. The maximum absolute atomic E-state index is 12.4. The van der Waals surface area contributed by atoms with Crippen molar-refractivity contribution in [1.82, 2.24) is 14.6 Å². The van der Waals surface area contributed by atoms with E-state index < -0.39 is 10.0 Å². The number of aryl methyl sites for hydroxylation is 1. The highest BCUT2D eigenvalue weighted by atomic mass is 35.5. The van der Waals surface area contributed by atoms with E-state index in [1.807, 2.05) is 6.92 Å². The first kappa shape index (κ1) is 16.4. The van der Waals surface area contributed by atoms with Gasteiger partial charge in [-0.05, 0) is 50.6 Å². The fourth-order valence-electron chi connectivity index (χ4n) is 2.16. The number of rotatable bonds is 3. The molecule has 0 saturated carbocycles. The lowest BCUT2D eigenvalue weighted by Gasteiger charge is -2.30. The Morgan fingerprint density at radius 1 is 1.37 bits per heavy atom. The van der Waals surface area contributed by atoms with Crippen LogP contribution in [0.5, 0.6) is 0 Å². The number of pyridine rings is 1. The van der Waals surface area contributed by atoms with Crippen LogP contribution in [0.2, 0.25) is 0 Å². The van der Waals surface area contributed by atoms with Crippen molar-refractivity contribution in [1.29, 1.82) is 0 Å². The Hall–Kier alpha value is -0.690. The molecule has 1 fully saturated rings. The van der Waals surface area contributed by atoms with E-state index in [0.29, 0.717) is 0 Å². The molecule has 0 amide bonds. The molecule has 0 bridgehead atoms. The van der Waals surface area contributed by atoms with Crippen molar-refractivity contribution in [2.45, 2.75) is 30.8 Å². The van der Waals surface area contributed by atoms with E-state index in [-0.39, 0.29) is 23.5 Å². The monoisotopic (exact) mass is 305 g/mol. The van der Waals surface area contributed by atoms with Crippen molar-refractivity contribution in [3.63, 3.8) is 0 Å². The number of hydrogen-bond donors (Lipinski definition) is 1. The minimum atomic E-state index is -3.47. The van der Waals surface area contributed by atoms with Gasteiger partial charge < -0.3 is 5.32 Å². The summed E-state index contributed by atoms with van der Waals surface area (Å²) in [5.74, 6) is 0. The van der Waals surface area contributed by atoms with Gasteiger partial charge in [0, 0.05) is 19.3 Å². The standard InChI is InChI=1S/C12H19N3O2S.ClH/c1-10-3-8-14-12(9-10)18(16,17)15(2)11-4-6-13-7-5-11;/h3,8-9,11,13H,4-7H2,1-2H3;1H. The van der Waals surface area contributed by atoms with Gasteiger partial charge in [0.15, 0.2) is 5.03 Å². The van der Waals surface area contributed by atoms with Crippen molar-refractivity contribution >= 4 is 22.4 Å². The first-order chi connectivity index (χ1) is 8.51. The van der Waals surface area contributed by atoms with Crippen LogP contribution < -0.4 is 5.32 Å². The quantitative estimate of drug-likeness (QED) is 0.911. The van der Waals surface area contributed by atoms with Gasteiger partial charge in [0.25, 0.3) is 10.0 Å². The molecule has 1 N–H and O–H groups in total. The summed E-state index contributed by atoms with van der Waals surface area (Å²) in [4.78, 5) is 3.98. The fraction of sp³-hybridized carbons (Fsp3) is 0.583. The third kappa shape index (κ3) is 3.66. The molecule has 0 atom stereocenters. The number of aromatic nitrogens is 1. The van der Waals surface area contributed by atoms with Gasteiger partial charge in [-0.15, -0.1) is 12.4 Å². The molecule has 1 aliphatic rings. The van der Waals surface area contributed by atoms with Crippen LogP contribution in [0.3, 0.4) is 0 Å². The molecule has 7 heteroatoms. The maximum atomic E-state index is 12.4. The topological polar surface area (TPSA) is 62.3 Å². The van der Waals surface area contributed by atoms with Gasteiger partial charge in [0.1, 0.15) is 0 Å². The van der Waals surface area contributed by atoms with Crippen LogP contribution >= 0.6 is 12.4 Å². The van der Waals surface area contributed by atoms with Crippen LogP contribution in [0.1, 0.15) is 18.4 Å². The minimum Gasteiger partial charge on any atom is -0.317 e. The number of halogens is 1. The molecule has 0 spiro atoms. The molecule has 0 radical (unpaired) electrons. The summed E-state index contributed by atoms with van der Waals surface area (Å²) in [6.07, 6.45) is 3.24. The highest BCUT2D eigenvalue weighted by Gasteiger charge is 2.29. The highest BCUT2D eigenvalue weighted by molar-refractivity contribution is 7.89. The first-order valence-corrected chi connectivity index (χ1v) is 7.57. The first-order valence-electron chi connectivity index (χ1n) is 6.13. The Kier molecular flexibility index (Phi) is 5.73. The minimum absolute atomic E-state index is 0. The summed E-state index contributed by atoms with van der Waals surface area (Å²) in [7, 11) is -1.82. The zero-order chi connectivity index (χ0) is 13.2. The highest BCUT2D eigenvalue weighted by Crippen LogP contribution is 2.19. The van der Waals surface area contributed by atoms with Gasteiger partial charge in [0.05, 0.1) is 0 Å². The molecule has 0 unspecified atom stereocenters. The summed E-state index contributed by atoms with van der Waals surface area (Å²) >= 11 is 0. The Bertz CT molecular complexity index is 515. The third-order valence-electron chi connectivity index (χ3n) is 3.36. The second-order valence-corrected chi connectivity index (χ2v) is 6.62. The van der Waals surface area contributed by atoms with Crippen molar-refractivity contribution < 1.29 is 8.42 Å². The smallest absolute Gasteiger partial charge is 0.260 e. The predicted molar refractivity (Wildman–Crippen MR) is 77.1 cm³/mol. The van der Waals surface area contributed by atoms with Crippen molar-refractivity contribution in [2.24, 2.45) is 0 Å². The van der Waals surface area contributed by atoms with E-state index in [0.717, 1.165) is 31.5 Å². The zero-order valence-corrected chi connectivity index (χ0v) is 12.8. The Labute approximate surface area is 120 Å². The molecule has 2 rings (SSSR count). The largest absolute Gasteiger partial charge is 0.317 e. The molecule has 1 aromatic rings. The lowest BCUT2D eigenvalue weighted by Crippen LogP contribution is -2.44. The van der Waals surface area contributed by atoms with Crippen LogP contribution in [0.15, 0.2) is 23.4 Å². The lowest BCUT2D eigenvalue weighted by atomic mass is 10.1. The number of nitrogens with zero attached hydrogens (tertiary/aromatic N) is 2. The van der Waals surface area contributed by atoms with Gasteiger partial charge in [-0.1, -0.05) is 0 Å².